The van der Waals surface area contributed by atoms with E-state index < -0.39 is 15.6 Å². The Labute approximate surface area is 146 Å². The van der Waals surface area contributed by atoms with Crippen LogP contribution < -0.4 is 0 Å². The van der Waals surface area contributed by atoms with Gasteiger partial charge in [-0.25, -0.2) is 8.42 Å². The Hall–Kier alpha value is -1.15. The van der Waals surface area contributed by atoms with E-state index in [-0.39, 0.29) is 23.0 Å². The highest BCUT2D eigenvalue weighted by atomic mass is 35.5. The number of piperidine rings is 1. The van der Waals surface area contributed by atoms with Crippen LogP contribution in [0, 0.1) is 5.92 Å². The summed E-state index contributed by atoms with van der Waals surface area (Å²) in [5, 5.41) is 0.457. The van der Waals surface area contributed by atoms with Crippen molar-refractivity contribution in [2.75, 3.05) is 32.1 Å². The summed E-state index contributed by atoms with van der Waals surface area (Å²) in [5.74, 6) is -0.614. The molecule has 132 valence electrons. The van der Waals surface area contributed by atoms with Gasteiger partial charge in [-0.2, -0.15) is 0 Å². The van der Waals surface area contributed by atoms with Gasteiger partial charge in [0.2, 0.25) is 5.91 Å². The van der Waals surface area contributed by atoms with E-state index in [0.717, 1.165) is 12.8 Å². The molecule has 0 spiro atoms. The van der Waals surface area contributed by atoms with E-state index in [1.807, 2.05) is 0 Å². The van der Waals surface area contributed by atoms with Gasteiger partial charge in [-0.15, -0.1) is 0 Å². The molecule has 0 unspecified atom stereocenters. The lowest BCUT2D eigenvalue weighted by molar-refractivity contribution is -0.134. The quantitative estimate of drug-likeness (QED) is 0.803. The second-order valence-corrected chi connectivity index (χ2v) is 8.47. The smallest absolute Gasteiger partial charge is 0.238 e. The van der Waals surface area contributed by atoms with Crippen LogP contribution in [0.15, 0.2) is 29.2 Å². The summed E-state index contributed by atoms with van der Waals surface area (Å²) >= 11 is 5.77. The van der Waals surface area contributed by atoms with Crippen LogP contribution in [0.4, 0.5) is 0 Å². The van der Waals surface area contributed by atoms with Crippen molar-refractivity contribution in [1.29, 1.82) is 0 Å². The molecular formula is C16H20ClNO5S. The highest BCUT2D eigenvalue weighted by Gasteiger charge is 2.33. The third-order valence-corrected chi connectivity index (χ3v) is 6.28. The van der Waals surface area contributed by atoms with E-state index in [1.165, 1.54) is 24.3 Å². The third kappa shape index (κ3) is 4.08. The lowest BCUT2D eigenvalue weighted by Gasteiger charge is -2.33. The number of nitrogens with zero attached hydrogens (tertiary/aromatic N) is 1. The molecular weight excluding hydrogens is 354 g/mol. The monoisotopic (exact) mass is 373 g/mol. The number of ether oxygens (including phenoxy) is 2. The molecule has 0 atom stereocenters. The third-order valence-electron chi connectivity index (χ3n) is 4.41. The van der Waals surface area contributed by atoms with E-state index in [4.69, 9.17) is 21.1 Å². The number of carbonyl (C=O) groups excluding carboxylic acids is 1. The second-order valence-electron chi connectivity index (χ2n) is 6.04. The molecule has 24 heavy (non-hydrogen) atoms. The molecule has 0 aromatic heterocycles. The number of amides is 1. The molecule has 2 saturated heterocycles. The van der Waals surface area contributed by atoms with Crippen LogP contribution in [0.3, 0.4) is 0 Å². The van der Waals surface area contributed by atoms with Crippen molar-refractivity contribution in [1.82, 2.24) is 4.90 Å². The number of halogens is 1. The van der Waals surface area contributed by atoms with Gasteiger partial charge in [-0.3, -0.25) is 4.79 Å². The van der Waals surface area contributed by atoms with Crippen molar-refractivity contribution in [3.05, 3.63) is 29.3 Å². The van der Waals surface area contributed by atoms with E-state index >= 15 is 0 Å². The van der Waals surface area contributed by atoms with Gasteiger partial charge in [0.25, 0.3) is 0 Å². The van der Waals surface area contributed by atoms with Crippen molar-refractivity contribution < 1.29 is 22.7 Å². The number of benzene rings is 1. The maximum Gasteiger partial charge on any atom is 0.238 e. The van der Waals surface area contributed by atoms with Crippen LogP contribution in [0.2, 0.25) is 5.02 Å². The minimum atomic E-state index is -3.65. The standard InChI is InChI=1S/C16H20ClNO5S/c17-13-1-3-14(4-2-13)24(20,21)11-15(19)18-7-5-12(6-8-18)16-22-9-10-23-16/h1-4,12,16H,5-11H2. The van der Waals surface area contributed by atoms with Crippen molar-refractivity contribution in [3.8, 4) is 0 Å². The number of hydrogen-bond donors (Lipinski definition) is 0. The maximum absolute atomic E-state index is 12.3. The average molecular weight is 374 g/mol. The van der Waals surface area contributed by atoms with Crippen LogP contribution >= 0.6 is 11.6 Å². The minimum absolute atomic E-state index is 0.114. The Morgan fingerprint density at radius 1 is 1.12 bits per heavy atom. The molecule has 2 aliphatic rings. The molecule has 1 amide bonds. The van der Waals surface area contributed by atoms with Gasteiger partial charge < -0.3 is 14.4 Å². The fraction of sp³-hybridized carbons (Fsp3) is 0.562. The van der Waals surface area contributed by atoms with Crippen molar-refractivity contribution in [2.24, 2.45) is 5.92 Å². The van der Waals surface area contributed by atoms with E-state index in [9.17, 15) is 13.2 Å². The highest BCUT2D eigenvalue weighted by Crippen LogP contribution is 2.26. The van der Waals surface area contributed by atoms with Gasteiger partial charge >= 0.3 is 0 Å². The summed E-state index contributed by atoms with van der Waals surface area (Å²) in [6.07, 6.45) is 1.34. The second kappa shape index (κ2) is 7.39. The normalized spacial score (nSPS) is 20.5. The molecule has 1 aromatic rings. The SMILES string of the molecule is O=C(CS(=O)(=O)c1ccc(Cl)cc1)N1CCC(C2OCCO2)CC1. The topological polar surface area (TPSA) is 72.9 Å². The number of carbonyl (C=O) groups is 1. The molecule has 3 rings (SSSR count). The first-order chi connectivity index (χ1) is 11.5. The summed E-state index contributed by atoms with van der Waals surface area (Å²) in [5.41, 5.74) is 0. The molecule has 0 aliphatic carbocycles. The number of likely N-dealkylation sites (tertiary alicyclic amines) is 1. The zero-order chi connectivity index (χ0) is 17.2. The number of rotatable bonds is 4. The fourth-order valence-electron chi connectivity index (χ4n) is 3.05. The molecule has 2 fully saturated rings. The minimum Gasteiger partial charge on any atom is -0.350 e. The molecule has 0 bridgehead atoms. The zero-order valence-corrected chi connectivity index (χ0v) is 14.8. The van der Waals surface area contributed by atoms with E-state index in [0.29, 0.717) is 31.3 Å². The molecule has 8 heteroatoms. The molecule has 0 N–H and O–H groups in total. The van der Waals surface area contributed by atoms with E-state index in [1.54, 1.807) is 4.90 Å². The fourth-order valence-corrected chi connectivity index (χ4v) is 4.40. The Bertz CT molecular complexity index is 677. The highest BCUT2D eigenvalue weighted by molar-refractivity contribution is 7.92. The average Bonchev–Trinajstić information content (AvgIpc) is 3.09. The van der Waals surface area contributed by atoms with Crippen LogP contribution in [0.5, 0.6) is 0 Å². The summed E-state index contributed by atoms with van der Waals surface area (Å²) in [4.78, 5) is 14.1. The predicted octanol–water partition coefficient (Wildman–Crippen LogP) is 1.73. The lowest BCUT2D eigenvalue weighted by Crippen LogP contribution is -2.43. The summed E-state index contributed by atoms with van der Waals surface area (Å²) in [7, 11) is -3.65. The van der Waals surface area contributed by atoms with Gasteiger partial charge in [0.1, 0.15) is 5.75 Å². The Morgan fingerprint density at radius 2 is 1.71 bits per heavy atom. The molecule has 2 aliphatic heterocycles. The Kier molecular flexibility index (Phi) is 5.44. The first-order valence-electron chi connectivity index (χ1n) is 7.95. The largest absolute Gasteiger partial charge is 0.350 e. The number of hydrogen-bond acceptors (Lipinski definition) is 5. The molecule has 6 nitrogen and oxygen atoms in total. The zero-order valence-electron chi connectivity index (χ0n) is 13.2. The molecule has 2 heterocycles. The first kappa shape index (κ1) is 17.7. The van der Waals surface area contributed by atoms with Crippen molar-refractivity contribution in [3.63, 3.8) is 0 Å². The molecule has 0 saturated carbocycles. The summed E-state index contributed by atoms with van der Waals surface area (Å²) in [6.45, 7) is 2.29. The van der Waals surface area contributed by atoms with Crippen LogP contribution in [-0.4, -0.2) is 57.6 Å². The van der Waals surface area contributed by atoms with Crippen LogP contribution in [-0.2, 0) is 24.1 Å². The lowest BCUT2D eigenvalue weighted by atomic mass is 9.96. The van der Waals surface area contributed by atoms with Crippen molar-refractivity contribution in [2.45, 2.75) is 24.0 Å². The van der Waals surface area contributed by atoms with Crippen LogP contribution in [0.1, 0.15) is 12.8 Å². The van der Waals surface area contributed by atoms with Gasteiger partial charge in [-0.1, -0.05) is 11.6 Å². The Balaban J connectivity index is 1.56. The van der Waals surface area contributed by atoms with Gasteiger partial charge in [0.05, 0.1) is 18.1 Å². The molecule has 0 radical (unpaired) electrons. The van der Waals surface area contributed by atoms with Gasteiger partial charge in [0.15, 0.2) is 16.1 Å². The Morgan fingerprint density at radius 3 is 2.29 bits per heavy atom. The van der Waals surface area contributed by atoms with Gasteiger partial charge in [0, 0.05) is 24.0 Å². The predicted molar refractivity (Wildman–Crippen MR) is 88.5 cm³/mol. The summed E-state index contributed by atoms with van der Waals surface area (Å²) in [6, 6.07) is 5.86. The first-order valence-corrected chi connectivity index (χ1v) is 9.98. The summed E-state index contributed by atoms with van der Waals surface area (Å²) < 4.78 is 35.7. The van der Waals surface area contributed by atoms with Crippen molar-refractivity contribution >= 4 is 27.3 Å². The molecule has 1 aromatic carbocycles. The maximum atomic E-state index is 12.3. The van der Waals surface area contributed by atoms with Gasteiger partial charge in [-0.05, 0) is 37.1 Å². The van der Waals surface area contributed by atoms with Crippen LogP contribution in [0.25, 0.3) is 0 Å². The number of sulfone groups is 1. The van der Waals surface area contributed by atoms with E-state index in [2.05, 4.69) is 0 Å².